The van der Waals surface area contributed by atoms with Gasteiger partial charge in [0.1, 0.15) is 5.82 Å². The largest absolute Gasteiger partial charge is 0.317 e. The lowest BCUT2D eigenvalue weighted by atomic mass is 10.0. The molecule has 0 saturated carbocycles. The molecule has 0 atom stereocenters. The molecule has 3 rings (SSSR count). The number of anilines is 1. The molecule has 6 heteroatoms. The van der Waals surface area contributed by atoms with Crippen LogP contribution in [-0.4, -0.2) is 16.0 Å². The number of halogens is 1. The third-order valence-corrected chi connectivity index (χ3v) is 4.12. The molecule has 1 aromatic heterocycles. The van der Waals surface area contributed by atoms with E-state index < -0.39 is 0 Å². The van der Waals surface area contributed by atoms with Crippen LogP contribution < -0.4 is 10.6 Å². The highest BCUT2D eigenvalue weighted by Crippen LogP contribution is 2.19. The van der Waals surface area contributed by atoms with Gasteiger partial charge in [-0.1, -0.05) is 42.5 Å². The molecule has 2 aromatic carbocycles. The average molecular weight is 412 g/mol. The van der Waals surface area contributed by atoms with Gasteiger partial charge in [0.15, 0.2) is 5.11 Å². The van der Waals surface area contributed by atoms with Crippen LogP contribution in [0.25, 0.3) is 11.1 Å². The van der Waals surface area contributed by atoms with Gasteiger partial charge in [-0.3, -0.25) is 10.1 Å². The first-order chi connectivity index (χ1) is 12.1. The molecular weight excluding hydrogens is 398 g/mol. The van der Waals surface area contributed by atoms with Crippen LogP contribution >= 0.6 is 28.1 Å². The molecule has 1 heterocycles. The van der Waals surface area contributed by atoms with E-state index in [1.165, 1.54) is 0 Å². The quantitative estimate of drug-likeness (QED) is 0.616. The molecule has 0 aliphatic heterocycles. The lowest BCUT2D eigenvalue weighted by Crippen LogP contribution is -2.34. The van der Waals surface area contributed by atoms with Gasteiger partial charge in [0.05, 0.1) is 0 Å². The van der Waals surface area contributed by atoms with Crippen LogP contribution in [0.15, 0.2) is 77.4 Å². The Kier molecular flexibility index (Phi) is 5.53. The van der Waals surface area contributed by atoms with Gasteiger partial charge in [-0.15, -0.1) is 0 Å². The second kappa shape index (κ2) is 8.00. The molecule has 2 N–H and O–H groups in total. The van der Waals surface area contributed by atoms with Gasteiger partial charge in [-0.25, -0.2) is 4.98 Å². The molecule has 0 spiro atoms. The maximum atomic E-state index is 12.3. The molecule has 124 valence electrons. The minimum absolute atomic E-state index is 0.201. The van der Waals surface area contributed by atoms with Crippen molar-refractivity contribution in [2.24, 2.45) is 0 Å². The number of amides is 1. The Hall–Kier alpha value is -2.57. The zero-order valence-corrected chi connectivity index (χ0v) is 15.5. The first-order valence-electron chi connectivity index (χ1n) is 7.51. The van der Waals surface area contributed by atoms with Crippen LogP contribution in [0.5, 0.6) is 0 Å². The molecule has 1 amide bonds. The monoisotopic (exact) mass is 411 g/mol. The number of aromatic nitrogens is 1. The van der Waals surface area contributed by atoms with E-state index >= 15 is 0 Å². The first-order valence-corrected chi connectivity index (χ1v) is 8.71. The van der Waals surface area contributed by atoms with Crippen LogP contribution in [0.1, 0.15) is 10.4 Å². The van der Waals surface area contributed by atoms with Crippen LogP contribution in [0.2, 0.25) is 0 Å². The van der Waals surface area contributed by atoms with Crippen LogP contribution in [0.3, 0.4) is 0 Å². The maximum absolute atomic E-state index is 12.3. The van der Waals surface area contributed by atoms with Gasteiger partial charge >= 0.3 is 0 Å². The summed E-state index contributed by atoms with van der Waals surface area (Å²) in [6.45, 7) is 0. The zero-order chi connectivity index (χ0) is 17.6. The molecular formula is C19H14BrN3OS. The summed E-state index contributed by atoms with van der Waals surface area (Å²) in [5, 5.41) is 5.72. The SMILES string of the molecule is O=C(NC(=S)Nc1ccc(Br)cn1)c1ccc(-c2ccccc2)cc1. The second-order valence-corrected chi connectivity index (χ2v) is 6.54. The summed E-state index contributed by atoms with van der Waals surface area (Å²) in [6.07, 6.45) is 1.65. The second-order valence-electron chi connectivity index (χ2n) is 5.21. The van der Waals surface area contributed by atoms with Crippen molar-refractivity contribution >= 4 is 45.0 Å². The van der Waals surface area contributed by atoms with Gasteiger partial charge in [0, 0.05) is 16.2 Å². The summed E-state index contributed by atoms with van der Waals surface area (Å²) < 4.78 is 0.867. The third-order valence-electron chi connectivity index (χ3n) is 3.45. The van der Waals surface area contributed by atoms with Gasteiger partial charge in [-0.2, -0.15) is 0 Å². The van der Waals surface area contributed by atoms with Gasteiger partial charge < -0.3 is 5.32 Å². The Morgan fingerprint density at radius 2 is 1.60 bits per heavy atom. The van der Waals surface area contributed by atoms with Crippen molar-refractivity contribution in [3.63, 3.8) is 0 Å². The molecule has 0 aliphatic rings. The van der Waals surface area contributed by atoms with E-state index in [4.69, 9.17) is 12.2 Å². The smallest absolute Gasteiger partial charge is 0.257 e. The Morgan fingerprint density at radius 1 is 0.920 bits per heavy atom. The minimum atomic E-state index is -0.269. The van der Waals surface area contributed by atoms with Gasteiger partial charge in [0.2, 0.25) is 0 Å². The fraction of sp³-hybridized carbons (Fsp3) is 0. The van der Waals surface area contributed by atoms with Crippen molar-refractivity contribution < 1.29 is 4.79 Å². The molecule has 0 unspecified atom stereocenters. The van der Waals surface area contributed by atoms with Crippen LogP contribution in [-0.2, 0) is 0 Å². The Labute approximate surface area is 159 Å². The van der Waals surface area contributed by atoms with E-state index in [0.29, 0.717) is 11.4 Å². The van der Waals surface area contributed by atoms with Crippen LogP contribution in [0, 0.1) is 0 Å². The fourth-order valence-electron chi connectivity index (χ4n) is 2.22. The number of nitrogens with one attached hydrogen (secondary N) is 2. The molecule has 0 radical (unpaired) electrons. The molecule has 0 bridgehead atoms. The zero-order valence-electron chi connectivity index (χ0n) is 13.1. The first kappa shape index (κ1) is 17.3. The van der Waals surface area contributed by atoms with E-state index in [-0.39, 0.29) is 11.0 Å². The lowest BCUT2D eigenvalue weighted by Gasteiger charge is -2.09. The van der Waals surface area contributed by atoms with Gasteiger partial charge in [-0.05, 0) is 63.5 Å². The summed E-state index contributed by atoms with van der Waals surface area (Å²) in [5.74, 6) is 0.294. The predicted molar refractivity (Wildman–Crippen MR) is 108 cm³/mol. The summed E-state index contributed by atoms with van der Waals surface area (Å²) >= 11 is 8.46. The minimum Gasteiger partial charge on any atom is -0.317 e. The van der Waals surface area contributed by atoms with E-state index in [1.54, 1.807) is 24.4 Å². The normalized spacial score (nSPS) is 10.1. The summed E-state index contributed by atoms with van der Waals surface area (Å²) in [6, 6.07) is 21.0. The number of pyridine rings is 1. The van der Waals surface area contributed by atoms with Crippen LogP contribution in [0.4, 0.5) is 5.82 Å². The number of hydrogen-bond acceptors (Lipinski definition) is 3. The van der Waals surface area contributed by atoms with E-state index in [2.05, 4.69) is 31.5 Å². The van der Waals surface area contributed by atoms with E-state index in [9.17, 15) is 4.79 Å². The summed E-state index contributed by atoms with van der Waals surface area (Å²) in [4.78, 5) is 16.4. The van der Waals surface area contributed by atoms with Crippen molar-refractivity contribution in [3.05, 3.63) is 83.0 Å². The third kappa shape index (κ3) is 4.71. The standard InChI is InChI=1S/C19H14BrN3OS/c20-16-10-11-17(21-12-16)22-19(25)23-18(24)15-8-6-14(7-9-15)13-4-2-1-3-5-13/h1-12H,(H2,21,22,23,24,25). The van der Waals surface area contributed by atoms with Crippen molar-refractivity contribution in [1.82, 2.24) is 10.3 Å². The molecule has 0 fully saturated rings. The molecule has 0 aliphatic carbocycles. The van der Waals surface area contributed by atoms with Crippen molar-refractivity contribution in [2.75, 3.05) is 5.32 Å². The maximum Gasteiger partial charge on any atom is 0.257 e. The van der Waals surface area contributed by atoms with E-state index in [0.717, 1.165) is 15.6 Å². The molecule has 4 nitrogen and oxygen atoms in total. The number of benzene rings is 2. The van der Waals surface area contributed by atoms with Crippen molar-refractivity contribution in [1.29, 1.82) is 0 Å². The van der Waals surface area contributed by atoms with Gasteiger partial charge in [0.25, 0.3) is 5.91 Å². The predicted octanol–water partition coefficient (Wildman–Crippen LogP) is 4.64. The number of hydrogen-bond donors (Lipinski definition) is 2. The number of thiocarbonyl (C=S) groups is 1. The number of carbonyl (C=O) groups is 1. The summed E-state index contributed by atoms with van der Waals surface area (Å²) in [5.41, 5.74) is 2.69. The highest BCUT2D eigenvalue weighted by molar-refractivity contribution is 9.10. The highest BCUT2D eigenvalue weighted by Gasteiger charge is 2.08. The topological polar surface area (TPSA) is 54.0 Å². The lowest BCUT2D eigenvalue weighted by molar-refractivity contribution is 0.0978. The molecule has 0 saturated heterocycles. The summed E-state index contributed by atoms with van der Waals surface area (Å²) in [7, 11) is 0. The average Bonchev–Trinajstić information content (AvgIpc) is 2.64. The number of rotatable bonds is 3. The number of carbonyl (C=O) groups excluding carboxylic acids is 1. The Morgan fingerprint density at radius 3 is 2.24 bits per heavy atom. The fourth-order valence-corrected chi connectivity index (χ4v) is 2.65. The molecule has 25 heavy (non-hydrogen) atoms. The molecule has 3 aromatic rings. The Balaban J connectivity index is 1.63. The van der Waals surface area contributed by atoms with Crippen molar-refractivity contribution in [3.8, 4) is 11.1 Å². The van der Waals surface area contributed by atoms with Crippen molar-refractivity contribution in [2.45, 2.75) is 0 Å². The number of nitrogens with zero attached hydrogens (tertiary/aromatic N) is 1. The van der Waals surface area contributed by atoms with E-state index in [1.807, 2.05) is 48.5 Å². The highest BCUT2D eigenvalue weighted by atomic mass is 79.9. The Bertz CT molecular complexity index is 881.